The van der Waals surface area contributed by atoms with Crippen molar-refractivity contribution in [2.75, 3.05) is 0 Å². The summed E-state index contributed by atoms with van der Waals surface area (Å²) in [5.74, 6) is -2.11. The van der Waals surface area contributed by atoms with Gasteiger partial charge in [0.25, 0.3) is 0 Å². The van der Waals surface area contributed by atoms with Gasteiger partial charge in [0.1, 0.15) is 0 Å². The average Bonchev–Trinajstić information content (AvgIpc) is 2.40. The molecule has 0 aliphatic rings. The van der Waals surface area contributed by atoms with Crippen molar-refractivity contribution in [3.63, 3.8) is 0 Å². The Labute approximate surface area is 120 Å². The fourth-order valence-electron chi connectivity index (χ4n) is 1.86. The zero-order valence-electron chi connectivity index (χ0n) is 9.94. The van der Waals surface area contributed by atoms with Crippen LogP contribution < -0.4 is 0 Å². The zero-order chi connectivity index (χ0) is 14.9. The van der Waals surface area contributed by atoms with Crippen molar-refractivity contribution in [2.24, 2.45) is 0 Å². The first-order chi connectivity index (χ1) is 9.34. The monoisotopic (exact) mass is 350 g/mol. The Kier molecular flexibility index (Phi) is 4.13. The molecule has 0 N–H and O–H groups in total. The Morgan fingerprint density at radius 2 is 1.65 bits per heavy atom. The Bertz CT molecular complexity index is 634. The van der Waals surface area contributed by atoms with E-state index in [9.17, 15) is 22.0 Å². The number of hydrogen-bond acceptors (Lipinski definition) is 0. The minimum atomic E-state index is -4.48. The van der Waals surface area contributed by atoms with Crippen LogP contribution in [0.15, 0.2) is 36.4 Å². The summed E-state index contributed by atoms with van der Waals surface area (Å²) in [5, 5.41) is 0.0994. The van der Waals surface area contributed by atoms with E-state index in [1.165, 1.54) is 12.1 Å². The smallest absolute Gasteiger partial charge is 0.204 e. The van der Waals surface area contributed by atoms with Crippen LogP contribution in [0.25, 0.3) is 11.1 Å². The van der Waals surface area contributed by atoms with Crippen molar-refractivity contribution in [2.45, 2.75) is 11.5 Å². The molecule has 0 saturated heterocycles. The molecule has 0 heterocycles. The first-order valence-electron chi connectivity index (χ1n) is 5.55. The predicted molar refractivity (Wildman–Crippen MR) is 69.4 cm³/mol. The van der Waals surface area contributed by atoms with Gasteiger partial charge in [-0.25, -0.2) is 8.78 Å². The third-order valence-electron chi connectivity index (χ3n) is 2.82. The van der Waals surface area contributed by atoms with Crippen molar-refractivity contribution < 1.29 is 22.0 Å². The summed E-state index contributed by atoms with van der Waals surface area (Å²) < 4.78 is 64.8. The highest BCUT2D eigenvalue weighted by Crippen LogP contribution is 2.35. The van der Waals surface area contributed by atoms with Crippen molar-refractivity contribution in [1.29, 1.82) is 0 Å². The molecule has 2 aromatic rings. The molecule has 0 amide bonds. The number of alkyl halides is 4. The minimum Gasteiger partial charge on any atom is -0.204 e. The second-order valence-corrected chi connectivity index (χ2v) is 4.67. The minimum absolute atomic E-state index is 0.0619. The molecule has 0 aromatic heterocycles. The molecule has 0 aliphatic heterocycles. The Hall–Kier alpha value is -1.43. The molecule has 0 spiro atoms. The second-order valence-electron chi connectivity index (χ2n) is 4.10. The lowest BCUT2D eigenvalue weighted by atomic mass is 9.97. The van der Waals surface area contributed by atoms with Gasteiger partial charge in [0.15, 0.2) is 11.6 Å². The van der Waals surface area contributed by atoms with Gasteiger partial charge in [0.2, 0.25) is 0 Å². The summed E-state index contributed by atoms with van der Waals surface area (Å²) in [7, 11) is 0. The molecular formula is C14H8BrF5. The molecule has 0 unspecified atom stereocenters. The van der Waals surface area contributed by atoms with Gasteiger partial charge in [0.05, 0.1) is 5.56 Å². The number of rotatable bonds is 2. The number of benzene rings is 2. The molecule has 20 heavy (non-hydrogen) atoms. The fraction of sp³-hybridized carbons (Fsp3) is 0.143. The lowest BCUT2D eigenvalue weighted by molar-refractivity contribution is -0.137. The van der Waals surface area contributed by atoms with E-state index in [2.05, 4.69) is 15.9 Å². The van der Waals surface area contributed by atoms with Crippen LogP contribution in [0.3, 0.4) is 0 Å². The van der Waals surface area contributed by atoms with E-state index in [4.69, 9.17) is 0 Å². The normalized spacial score (nSPS) is 11.7. The molecule has 2 aromatic carbocycles. The zero-order valence-corrected chi connectivity index (χ0v) is 11.5. The maximum Gasteiger partial charge on any atom is 0.416 e. The molecule has 2 rings (SSSR count). The van der Waals surface area contributed by atoms with Crippen molar-refractivity contribution in [3.8, 4) is 11.1 Å². The highest BCUT2D eigenvalue weighted by molar-refractivity contribution is 9.08. The first kappa shape index (κ1) is 15.0. The number of halogens is 6. The second kappa shape index (κ2) is 5.52. The van der Waals surface area contributed by atoms with E-state index >= 15 is 0 Å². The highest BCUT2D eigenvalue weighted by Gasteiger charge is 2.31. The molecule has 106 valence electrons. The van der Waals surface area contributed by atoms with Crippen LogP contribution >= 0.6 is 15.9 Å². The van der Waals surface area contributed by atoms with Gasteiger partial charge in [-0.3, -0.25) is 0 Å². The van der Waals surface area contributed by atoms with Crippen molar-refractivity contribution >= 4 is 15.9 Å². The lowest BCUT2D eigenvalue weighted by Gasteiger charge is -2.13. The van der Waals surface area contributed by atoms with Crippen LogP contribution in [-0.2, 0) is 11.5 Å². The summed E-state index contributed by atoms with van der Waals surface area (Å²) in [6.07, 6.45) is -4.48. The molecule has 0 saturated carbocycles. The Morgan fingerprint density at radius 3 is 2.25 bits per heavy atom. The fourth-order valence-corrected chi connectivity index (χ4v) is 2.32. The van der Waals surface area contributed by atoms with Gasteiger partial charge in [-0.05, 0) is 29.3 Å². The molecule has 0 radical (unpaired) electrons. The van der Waals surface area contributed by atoms with Gasteiger partial charge in [0, 0.05) is 10.9 Å². The van der Waals surface area contributed by atoms with Crippen LogP contribution in [0.5, 0.6) is 0 Å². The SMILES string of the molecule is Fc1cccc(-c2ccc(C(F)(F)F)cc2CBr)c1F. The summed E-state index contributed by atoms with van der Waals surface area (Å²) in [4.78, 5) is 0. The van der Waals surface area contributed by atoms with Gasteiger partial charge >= 0.3 is 6.18 Å². The summed E-state index contributed by atoms with van der Waals surface area (Å²) in [6, 6.07) is 6.52. The molecule has 0 bridgehead atoms. The van der Waals surface area contributed by atoms with Crippen molar-refractivity contribution in [1.82, 2.24) is 0 Å². The van der Waals surface area contributed by atoms with Gasteiger partial charge in [-0.2, -0.15) is 13.2 Å². The average molecular weight is 351 g/mol. The molecular weight excluding hydrogens is 343 g/mol. The van der Waals surface area contributed by atoms with Crippen molar-refractivity contribution in [3.05, 3.63) is 59.2 Å². The highest BCUT2D eigenvalue weighted by atomic mass is 79.9. The van der Waals surface area contributed by atoms with Crippen LogP contribution in [0.4, 0.5) is 22.0 Å². The van der Waals surface area contributed by atoms with Gasteiger partial charge in [-0.1, -0.05) is 34.1 Å². The van der Waals surface area contributed by atoms with E-state index in [1.807, 2.05) is 0 Å². The van der Waals surface area contributed by atoms with E-state index in [-0.39, 0.29) is 22.0 Å². The number of hydrogen-bond donors (Lipinski definition) is 0. The topological polar surface area (TPSA) is 0 Å². The van der Waals surface area contributed by atoms with E-state index < -0.39 is 23.4 Å². The maximum atomic E-state index is 13.7. The maximum absolute atomic E-state index is 13.7. The van der Waals surface area contributed by atoms with Gasteiger partial charge < -0.3 is 0 Å². The molecule has 6 heteroatoms. The van der Waals surface area contributed by atoms with Crippen LogP contribution in [0.1, 0.15) is 11.1 Å². The summed E-state index contributed by atoms with van der Waals surface area (Å²) >= 11 is 3.07. The first-order valence-corrected chi connectivity index (χ1v) is 6.67. The quantitative estimate of drug-likeness (QED) is 0.492. The Morgan fingerprint density at radius 1 is 0.950 bits per heavy atom. The summed E-state index contributed by atoms with van der Waals surface area (Å²) in [5.41, 5.74) is -0.420. The standard InChI is InChI=1S/C14H8BrF5/c15-7-8-6-9(14(18,19)20)4-5-10(8)11-2-1-3-12(16)13(11)17/h1-6H,7H2. The van der Waals surface area contributed by atoms with E-state index in [0.717, 1.165) is 24.3 Å². The van der Waals surface area contributed by atoms with Crippen LogP contribution in [-0.4, -0.2) is 0 Å². The van der Waals surface area contributed by atoms with Crippen LogP contribution in [0, 0.1) is 11.6 Å². The largest absolute Gasteiger partial charge is 0.416 e. The molecule has 0 nitrogen and oxygen atoms in total. The van der Waals surface area contributed by atoms with E-state index in [0.29, 0.717) is 0 Å². The lowest BCUT2D eigenvalue weighted by Crippen LogP contribution is -2.06. The predicted octanol–water partition coefficient (Wildman–Crippen LogP) is 5.55. The van der Waals surface area contributed by atoms with E-state index in [1.54, 1.807) is 0 Å². The van der Waals surface area contributed by atoms with Gasteiger partial charge in [-0.15, -0.1) is 0 Å². The molecule has 0 fully saturated rings. The Balaban J connectivity index is 2.61. The summed E-state index contributed by atoms with van der Waals surface area (Å²) in [6.45, 7) is 0. The third kappa shape index (κ3) is 2.85. The molecule has 0 atom stereocenters. The van der Waals surface area contributed by atoms with Crippen LogP contribution in [0.2, 0.25) is 0 Å². The third-order valence-corrected chi connectivity index (χ3v) is 3.42. The molecule has 0 aliphatic carbocycles.